The molecule has 1 unspecified atom stereocenters. The van der Waals surface area contributed by atoms with Gasteiger partial charge in [0.05, 0.1) is 45.3 Å². The van der Waals surface area contributed by atoms with Crippen molar-refractivity contribution < 1.29 is 14.6 Å². The maximum absolute atomic E-state index is 12.6. The fourth-order valence-corrected chi connectivity index (χ4v) is 4.72. The van der Waals surface area contributed by atoms with Gasteiger partial charge in [0.25, 0.3) is 5.91 Å². The third-order valence-corrected chi connectivity index (χ3v) is 6.33. The summed E-state index contributed by atoms with van der Waals surface area (Å²) in [5.74, 6) is 0.196. The third kappa shape index (κ3) is 5.72. The number of halogens is 1. The number of nitrogens with zero attached hydrogens (tertiary/aromatic N) is 1. The normalized spacial score (nSPS) is 22.6. The molecular weight excluding hydrogens is 384 g/mol. The molecule has 4 rings (SSSR count). The summed E-state index contributed by atoms with van der Waals surface area (Å²) in [6.45, 7) is 7.66. The van der Waals surface area contributed by atoms with Crippen molar-refractivity contribution >= 4 is 23.2 Å². The van der Waals surface area contributed by atoms with Crippen LogP contribution in [0.25, 0.3) is 0 Å². The molecule has 0 saturated carbocycles. The van der Waals surface area contributed by atoms with Gasteiger partial charge in [0.2, 0.25) is 0 Å². The van der Waals surface area contributed by atoms with E-state index in [-0.39, 0.29) is 5.91 Å². The van der Waals surface area contributed by atoms with Crippen molar-refractivity contribution in [1.29, 1.82) is 0 Å². The first kappa shape index (κ1) is 20.2. The van der Waals surface area contributed by atoms with Crippen LogP contribution in [-0.2, 0) is 11.3 Å². The van der Waals surface area contributed by atoms with Crippen LogP contribution in [0.15, 0.2) is 54.6 Å². The third-order valence-electron chi connectivity index (χ3n) is 6.10. The van der Waals surface area contributed by atoms with Gasteiger partial charge in [0.1, 0.15) is 6.54 Å². The number of hydrogen-bond donors (Lipinski definition) is 3. The van der Waals surface area contributed by atoms with E-state index in [2.05, 4.69) is 46.6 Å². The van der Waals surface area contributed by atoms with E-state index in [0.717, 1.165) is 57.3 Å². The summed E-state index contributed by atoms with van der Waals surface area (Å²) < 4.78 is 0. The van der Waals surface area contributed by atoms with Gasteiger partial charge in [-0.3, -0.25) is 4.79 Å². The Morgan fingerprint density at radius 2 is 1.83 bits per heavy atom. The van der Waals surface area contributed by atoms with E-state index in [4.69, 9.17) is 11.6 Å². The Bertz CT molecular complexity index is 808. The van der Waals surface area contributed by atoms with Gasteiger partial charge in [0, 0.05) is 22.7 Å². The maximum Gasteiger partial charge on any atom is 0.275 e. The Morgan fingerprint density at radius 1 is 1.03 bits per heavy atom. The van der Waals surface area contributed by atoms with Crippen molar-refractivity contribution in [3.8, 4) is 0 Å². The molecule has 2 aromatic carbocycles. The average Bonchev–Trinajstić information content (AvgIpc) is 3.16. The van der Waals surface area contributed by atoms with E-state index in [1.54, 1.807) is 4.90 Å². The number of carbonyl (C=O) groups excluding carboxylic acids is 1. The highest BCUT2D eigenvalue weighted by Gasteiger charge is 2.29. The number of hydrogen-bond acceptors (Lipinski definition) is 2. The lowest BCUT2D eigenvalue weighted by Gasteiger charge is -2.33. The van der Waals surface area contributed by atoms with Crippen LogP contribution in [0.3, 0.4) is 0 Å². The summed E-state index contributed by atoms with van der Waals surface area (Å²) in [6, 6.07) is 19.0. The van der Waals surface area contributed by atoms with E-state index < -0.39 is 0 Å². The molecule has 2 aromatic rings. The molecule has 2 atom stereocenters. The van der Waals surface area contributed by atoms with E-state index in [9.17, 15) is 4.79 Å². The van der Waals surface area contributed by atoms with Gasteiger partial charge in [-0.05, 0) is 18.2 Å². The van der Waals surface area contributed by atoms with Crippen LogP contribution in [-0.4, -0.2) is 57.8 Å². The van der Waals surface area contributed by atoms with Crippen molar-refractivity contribution in [3.63, 3.8) is 0 Å². The molecule has 2 aliphatic rings. The van der Waals surface area contributed by atoms with Crippen molar-refractivity contribution in [3.05, 3.63) is 65.2 Å². The summed E-state index contributed by atoms with van der Waals surface area (Å²) in [5.41, 5.74) is 2.55. The Kier molecular flexibility index (Phi) is 6.70. The molecule has 6 heteroatoms. The molecule has 2 fully saturated rings. The number of carbonyl (C=O) groups is 1. The molecule has 0 spiro atoms. The summed E-state index contributed by atoms with van der Waals surface area (Å²) >= 11 is 6.11. The molecule has 5 nitrogen and oxygen atoms in total. The van der Waals surface area contributed by atoms with Gasteiger partial charge in [0.15, 0.2) is 6.54 Å². The molecule has 0 aromatic heterocycles. The molecule has 2 aliphatic heterocycles. The van der Waals surface area contributed by atoms with Crippen LogP contribution in [0.4, 0.5) is 5.69 Å². The zero-order valence-corrected chi connectivity index (χ0v) is 17.6. The standard InChI is InChI=1S/C23H29ClN4O/c24-20-7-4-8-22(15-20)28-13-11-26(12-14-28)18-23(29)25-21-9-10-27(17-21)16-19-5-2-1-3-6-19/h1-8,15,21H,9-14,16-18H2,(H,25,29)/p+2/t21-/m0/s1. The lowest BCUT2D eigenvalue weighted by molar-refractivity contribution is -0.901. The second kappa shape index (κ2) is 9.61. The van der Waals surface area contributed by atoms with Crippen LogP contribution in [0.1, 0.15) is 12.0 Å². The average molecular weight is 415 g/mol. The fraction of sp³-hybridized carbons (Fsp3) is 0.435. The Hall–Kier alpha value is -2.08. The first-order valence-electron chi connectivity index (χ1n) is 10.7. The fourth-order valence-electron chi connectivity index (χ4n) is 4.54. The number of amides is 1. The van der Waals surface area contributed by atoms with Gasteiger partial charge >= 0.3 is 0 Å². The molecule has 0 radical (unpaired) electrons. The summed E-state index contributed by atoms with van der Waals surface area (Å²) in [7, 11) is 0. The smallest absolute Gasteiger partial charge is 0.275 e. The highest BCUT2D eigenvalue weighted by molar-refractivity contribution is 6.30. The van der Waals surface area contributed by atoms with Gasteiger partial charge in [-0.25, -0.2) is 0 Å². The van der Waals surface area contributed by atoms with Crippen LogP contribution in [0, 0.1) is 0 Å². The first-order chi connectivity index (χ1) is 14.2. The van der Waals surface area contributed by atoms with Crippen molar-refractivity contribution in [1.82, 2.24) is 5.32 Å². The largest absolute Gasteiger partial charge is 0.360 e. The van der Waals surface area contributed by atoms with Crippen molar-refractivity contribution in [2.75, 3.05) is 50.7 Å². The van der Waals surface area contributed by atoms with Crippen LogP contribution >= 0.6 is 11.6 Å². The molecule has 1 amide bonds. The zero-order chi connectivity index (χ0) is 20.1. The lowest BCUT2D eigenvalue weighted by atomic mass is 10.2. The highest BCUT2D eigenvalue weighted by Crippen LogP contribution is 2.19. The van der Waals surface area contributed by atoms with Crippen LogP contribution in [0.2, 0.25) is 5.02 Å². The van der Waals surface area contributed by atoms with Crippen LogP contribution < -0.4 is 20.0 Å². The molecule has 2 heterocycles. The van der Waals surface area contributed by atoms with E-state index in [0.29, 0.717) is 12.6 Å². The Morgan fingerprint density at radius 3 is 2.59 bits per heavy atom. The topological polar surface area (TPSA) is 41.2 Å². The van der Waals surface area contributed by atoms with Crippen molar-refractivity contribution in [2.24, 2.45) is 0 Å². The molecule has 0 bridgehead atoms. The summed E-state index contributed by atoms with van der Waals surface area (Å²) in [6.07, 6.45) is 1.08. The number of piperazine rings is 1. The zero-order valence-electron chi connectivity index (χ0n) is 16.9. The van der Waals surface area contributed by atoms with Gasteiger partial charge in [-0.2, -0.15) is 0 Å². The second-order valence-corrected chi connectivity index (χ2v) is 8.75. The minimum Gasteiger partial charge on any atom is -0.360 e. The molecule has 2 saturated heterocycles. The van der Waals surface area contributed by atoms with E-state index in [1.807, 2.05) is 18.2 Å². The van der Waals surface area contributed by atoms with Gasteiger partial charge in [-0.15, -0.1) is 0 Å². The minimum absolute atomic E-state index is 0.196. The first-order valence-corrected chi connectivity index (χ1v) is 11.0. The molecular formula is C23H31ClN4O+2. The quantitative estimate of drug-likeness (QED) is 0.623. The predicted octanol–water partition coefficient (Wildman–Crippen LogP) is 0.0185. The molecule has 0 aliphatic carbocycles. The summed E-state index contributed by atoms with van der Waals surface area (Å²) in [4.78, 5) is 17.8. The lowest BCUT2D eigenvalue weighted by Crippen LogP contribution is -3.16. The maximum atomic E-state index is 12.6. The summed E-state index contributed by atoms with van der Waals surface area (Å²) in [5, 5.41) is 4.06. The second-order valence-electron chi connectivity index (χ2n) is 8.31. The molecule has 154 valence electrons. The van der Waals surface area contributed by atoms with E-state index in [1.165, 1.54) is 16.2 Å². The minimum atomic E-state index is 0.196. The Labute approximate surface area is 178 Å². The number of anilines is 1. The highest BCUT2D eigenvalue weighted by atomic mass is 35.5. The van der Waals surface area contributed by atoms with Crippen LogP contribution in [0.5, 0.6) is 0 Å². The van der Waals surface area contributed by atoms with E-state index >= 15 is 0 Å². The number of rotatable bonds is 6. The predicted molar refractivity (Wildman–Crippen MR) is 117 cm³/mol. The van der Waals surface area contributed by atoms with Gasteiger partial charge < -0.3 is 20.0 Å². The Balaban J connectivity index is 1.18. The number of benzene rings is 2. The van der Waals surface area contributed by atoms with Gasteiger partial charge in [-0.1, -0.05) is 48.0 Å². The number of likely N-dealkylation sites (tertiary alicyclic amines) is 1. The molecule has 29 heavy (non-hydrogen) atoms. The molecule has 3 N–H and O–H groups in total. The number of nitrogens with one attached hydrogen (secondary N) is 3. The number of quaternary nitrogens is 2. The van der Waals surface area contributed by atoms with Crippen molar-refractivity contribution in [2.45, 2.75) is 19.0 Å². The SMILES string of the molecule is O=C(C[NH+]1CCN(c2cccc(Cl)c2)CC1)N[C@H]1CC[NH+](Cc2ccccc2)C1. The monoisotopic (exact) mass is 414 g/mol.